The number of carbonyl (C=O) groups is 1. The number of sulfonamides is 1. The van der Waals surface area contributed by atoms with Crippen molar-refractivity contribution < 1.29 is 13.2 Å². The third-order valence-corrected chi connectivity index (χ3v) is 4.07. The van der Waals surface area contributed by atoms with Crippen molar-refractivity contribution in [2.24, 2.45) is 5.14 Å². The molecule has 2 rings (SSSR count). The summed E-state index contributed by atoms with van der Waals surface area (Å²) in [6.45, 7) is 1.15. The smallest absolute Gasteiger partial charge is 0.253 e. The van der Waals surface area contributed by atoms with Crippen LogP contribution in [-0.4, -0.2) is 33.2 Å². The number of amides is 1. The van der Waals surface area contributed by atoms with Crippen LogP contribution in [0.2, 0.25) is 0 Å². The van der Waals surface area contributed by atoms with Crippen LogP contribution in [0.25, 0.3) is 0 Å². The van der Waals surface area contributed by atoms with Crippen LogP contribution in [0.15, 0.2) is 18.2 Å². The highest BCUT2D eigenvalue weighted by atomic mass is 32.2. The van der Waals surface area contributed by atoms with E-state index in [0.717, 1.165) is 30.6 Å². The number of anilines is 1. The maximum Gasteiger partial charge on any atom is 0.253 e. The molecule has 6 nitrogen and oxygen atoms in total. The summed E-state index contributed by atoms with van der Waals surface area (Å²) in [5.74, 6) is -0.316. The van der Waals surface area contributed by atoms with Crippen LogP contribution >= 0.6 is 0 Å². The number of nitrogens with two attached hydrogens (primary N) is 1. The predicted octanol–water partition coefficient (Wildman–Crippen LogP) is 0.453. The van der Waals surface area contributed by atoms with Gasteiger partial charge in [-0.05, 0) is 30.9 Å². The van der Waals surface area contributed by atoms with Crippen molar-refractivity contribution >= 4 is 21.6 Å². The lowest BCUT2D eigenvalue weighted by molar-refractivity contribution is 0.0954. The Balaban J connectivity index is 1.96. The summed E-state index contributed by atoms with van der Waals surface area (Å²) < 4.78 is 21.6. The summed E-state index contributed by atoms with van der Waals surface area (Å²) in [5.41, 5.74) is 2.65. The predicted molar refractivity (Wildman–Crippen MR) is 78.2 cm³/mol. The van der Waals surface area contributed by atoms with Crippen molar-refractivity contribution in [3.63, 3.8) is 0 Å². The second kappa shape index (κ2) is 6.23. The molecule has 20 heavy (non-hydrogen) atoms. The van der Waals surface area contributed by atoms with Crippen LogP contribution in [-0.2, 0) is 16.4 Å². The number of fused-ring (bicyclic) bond motifs is 1. The number of hydrogen-bond donors (Lipinski definition) is 3. The molecule has 0 spiro atoms. The minimum absolute atomic E-state index is 0.127. The third kappa shape index (κ3) is 3.94. The van der Waals surface area contributed by atoms with E-state index in [2.05, 4.69) is 10.6 Å². The van der Waals surface area contributed by atoms with Gasteiger partial charge in [-0.15, -0.1) is 0 Å². The summed E-state index contributed by atoms with van der Waals surface area (Å²) in [6.07, 6.45) is 2.34. The zero-order chi connectivity index (χ0) is 14.6. The molecule has 0 atom stereocenters. The minimum Gasteiger partial charge on any atom is -0.384 e. The second-order valence-corrected chi connectivity index (χ2v) is 6.58. The summed E-state index contributed by atoms with van der Waals surface area (Å²) in [5, 5.41) is 10.9. The first-order chi connectivity index (χ1) is 9.47. The van der Waals surface area contributed by atoms with Gasteiger partial charge in [0.25, 0.3) is 5.91 Å². The number of rotatable bonds is 5. The van der Waals surface area contributed by atoms with Gasteiger partial charge in [0.05, 0.1) is 17.0 Å². The number of primary sulfonamides is 1. The first-order valence-electron chi connectivity index (χ1n) is 6.62. The highest BCUT2D eigenvalue weighted by Gasteiger charge is 2.16. The van der Waals surface area contributed by atoms with Crippen LogP contribution < -0.4 is 15.8 Å². The lowest BCUT2D eigenvalue weighted by Crippen LogP contribution is -2.28. The minimum atomic E-state index is -3.46. The topological polar surface area (TPSA) is 101 Å². The molecule has 1 aliphatic rings. The SMILES string of the molecule is NS(=O)(=O)CCCNC(=O)c1cccc2c1NCCC2. The van der Waals surface area contributed by atoms with E-state index < -0.39 is 10.0 Å². The molecule has 1 amide bonds. The van der Waals surface area contributed by atoms with Crippen LogP contribution in [0.3, 0.4) is 0 Å². The largest absolute Gasteiger partial charge is 0.384 e. The monoisotopic (exact) mass is 297 g/mol. The Labute approximate surface area is 118 Å². The van der Waals surface area contributed by atoms with Gasteiger partial charge in [0, 0.05) is 13.1 Å². The van der Waals surface area contributed by atoms with E-state index in [1.54, 1.807) is 6.07 Å². The fraction of sp³-hybridized carbons (Fsp3) is 0.462. The molecule has 0 bridgehead atoms. The molecule has 0 saturated heterocycles. The Morgan fingerprint density at radius 1 is 1.40 bits per heavy atom. The van der Waals surface area contributed by atoms with Crippen molar-refractivity contribution in [3.05, 3.63) is 29.3 Å². The fourth-order valence-corrected chi connectivity index (χ4v) is 2.82. The summed E-state index contributed by atoms with van der Waals surface area (Å²) in [7, 11) is -3.46. The van der Waals surface area contributed by atoms with Gasteiger partial charge in [-0.2, -0.15) is 0 Å². The van der Waals surface area contributed by atoms with Crippen LogP contribution in [0.1, 0.15) is 28.8 Å². The first kappa shape index (κ1) is 14.8. The van der Waals surface area contributed by atoms with E-state index in [4.69, 9.17) is 5.14 Å². The normalized spacial score (nSPS) is 14.2. The standard InChI is InChI=1S/C13H19N3O3S/c14-20(18,19)9-3-8-16-13(17)11-6-1-4-10-5-2-7-15-12(10)11/h1,4,6,15H,2-3,5,7-9H2,(H,16,17)(H2,14,18,19). The number of benzene rings is 1. The average Bonchev–Trinajstić information content (AvgIpc) is 2.41. The van der Waals surface area contributed by atoms with E-state index in [-0.39, 0.29) is 11.7 Å². The molecule has 1 aromatic rings. The summed E-state index contributed by atoms with van der Waals surface area (Å²) in [6, 6.07) is 5.65. The average molecular weight is 297 g/mol. The van der Waals surface area contributed by atoms with Crippen molar-refractivity contribution in [1.82, 2.24) is 5.32 Å². The number of aryl methyl sites for hydroxylation is 1. The molecule has 0 aromatic heterocycles. The Morgan fingerprint density at radius 2 is 2.20 bits per heavy atom. The number of para-hydroxylation sites is 1. The van der Waals surface area contributed by atoms with Gasteiger partial charge in [-0.3, -0.25) is 4.79 Å². The van der Waals surface area contributed by atoms with Gasteiger partial charge in [-0.1, -0.05) is 12.1 Å². The molecule has 0 saturated carbocycles. The van der Waals surface area contributed by atoms with Gasteiger partial charge < -0.3 is 10.6 Å². The zero-order valence-electron chi connectivity index (χ0n) is 11.2. The van der Waals surface area contributed by atoms with E-state index in [0.29, 0.717) is 18.5 Å². The molecular weight excluding hydrogens is 278 g/mol. The van der Waals surface area contributed by atoms with Crippen LogP contribution in [0, 0.1) is 0 Å². The molecule has 1 aromatic carbocycles. The first-order valence-corrected chi connectivity index (χ1v) is 8.33. The number of nitrogens with one attached hydrogen (secondary N) is 2. The van der Waals surface area contributed by atoms with Gasteiger partial charge >= 0.3 is 0 Å². The van der Waals surface area contributed by atoms with Gasteiger partial charge in [0.2, 0.25) is 10.0 Å². The Bertz CT molecular complexity index is 599. The molecule has 0 fully saturated rings. The Hall–Kier alpha value is -1.60. The number of carbonyl (C=O) groups excluding carboxylic acids is 1. The molecule has 1 heterocycles. The summed E-state index contributed by atoms with van der Waals surface area (Å²) in [4.78, 5) is 12.1. The van der Waals surface area contributed by atoms with Gasteiger partial charge in [0.15, 0.2) is 0 Å². The molecular formula is C13H19N3O3S. The zero-order valence-corrected chi connectivity index (χ0v) is 12.0. The van der Waals surface area contributed by atoms with Gasteiger partial charge in [-0.25, -0.2) is 13.6 Å². The lowest BCUT2D eigenvalue weighted by atomic mass is 9.99. The maximum absolute atomic E-state index is 12.1. The van der Waals surface area contributed by atoms with Crippen molar-refractivity contribution in [2.75, 3.05) is 24.2 Å². The molecule has 1 aliphatic heterocycles. The molecule has 0 unspecified atom stereocenters. The maximum atomic E-state index is 12.1. The summed E-state index contributed by atoms with van der Waals surface area (Å²) >= 11 is 0. The van der Waals surface area contributed by atoms with Gasteiger partial charge in [0.1, 0.15) is 0 Å². The van der Waals surface area contributed by atoms with Crippen LogP contribution in [0.5, 0.6) is 0 Å². The van der Waals surface area contributed by atoms with Crippen molar-refractivity contribution in [3.8, 4) is 0 Å². The van der Waals surface area contributed by atoms with E-state index >= 15 is 0 Å². The molecule has 110 valence electrons. The second-order valence-electron chi connectivity index (χ2n) is 4.85. The Kier molecular flexibility index (Phi) is 4.61. The number of hydrogen-bond acceptors (Lipinski definition) is 4. The molecule has 0 aliphatic carbocycles. The van der Waals surface area contributed by atoms with Crippen molar-refractivity contribution in [2.45, 2.75) is 19.3 Å². The molecule has 4 N–H and O–H groups in total. The highest BCUT2D eigenvalue weighted by molar-refractivity contribution is 7.89. The highest BCUT2D eigenvalue weighted by Crippen LogP contribution is 2.25. The molecule has 7 heteroatoms. The van der Waals surface area contributed by atoms with E-state index in [1.165, 1.54) is 0 Å². The molecule has 0 radical (unpaired) electrons. The quantitative estimate of drug-likeness (QED) is 0.687. The van der Waals surface area contributed by atoms with Crippen molar-refractivity contribution in [1.29, 1.82) is 0 Å². The van der Waals surface area contributed by atoms with E-state index in [9.17, 15) is 13.2 Å². The van der Waals surface area contributed by atoms with E-state index in [1.807, 2.05) is 12.1 Å². The third-order valence-electron chi connectivity index (χ3n) is 3.21. The van der Waals surface area contributed by atoms with Crippen LogP contribution in [0.4, 0.5) is 5.69 Å². The lowest BCUT2D eigenvalue weighted by Gasteiger charge is -2.20. The Morgan fingerprint density at radius 3 is 2.95 bits per heavy atom. The fourth-order valence-electron chi connectivity index (χ4n) is 2.27.